The number of likely N-dealkylation sites (tertiary alicyclic amines) is 1. The number of amides is 1. The summed E-state index contributed by atoms with van der Waals surface area (Å²) in [5, 5.41) is 0. The molecule has 5 rings (SSSR count). The van der Waals surface area contributed by atoms with Gasteiger partial charge in [0.05, 0.1) is 5.69 Å². The third kappa shape index (κ3) is 3.37. The molecule has 0 bridgehead atoms. The van der Waals surface area contributed by atoms with Gasteiger partial charge in [0.25, 0.3) is 0 Å². The second-order valence-corrected chi connectivity index (χ2v) is 8.85. The minimum absolute atomic E-state index is 0.0696. The first-order valence-corrected chi connectivity index (χ1v) is 11.2. The van der Waals surface area contributed by atoms with Crippen LogP contribution in [-0.4, -0.2) is 60.7 Å². The maximum absolute atomic E-state index is 12.3. The number of methoxy groups -OCH3 is 1. The number of anilines is 1. The molecule has 2 fully saturated rings. The lowest BCUT2D eigenvalue weighted by atomic mass is 9.76. The van der Waals surface area contributed by atoms with Crippen molar-refractivity contribution in [3.8, 4) is 11.4 Å². The minimum atomic E-state index is 0.0696. The third-order valence-electron chi connectivity index (χ3n) is 7.12. The van der Waals surface area contributed by atoms with E-state index in [1.165, 1.54) is 24.1 Å². The Labute approximate surface area is 178 Å². The number of ether oxygens (including phenoxy) is 1. The lowest BCUT2D eigenvalue weighted by molar-refractivity contribution is -0.136. The highest BCUT2D eigenvalue weighted by Gasteiger charge is 2.45. The van der Waals surface area contributed by atoms with E-state index in [1.807, 2.05) is 11.0 Å². The summed E-state index contributed by atoms with van der Waals surface area (Å²) in [5.74, 6) is 2.09. The van der Waals surface area contributed by atoms with Gasteiger partial charge in [0.2, 0.25) is 5.91 Å². The Morgan fingerprint density at radius 3 is 2.47 bits per heavy atom. The SMILES string of the molecule is COCC(=O)N1CCC2(CCc3c(N4CCCC4)nc(-c4ccccc4)nc32)CC1. The number of fused-ring (bicyclic) bond motifs is 2. The van der Waals surface area contributed by atoms with E-state index in [2.05, 4.69) is 29.2 Å². The third-order valence-corrected chi connectivity index (χ3v) is 7.12. The monoisotopic (exact) mass is 406 g/mol. The summed E-state index contributed by atoms with van der Waals surface area (Å²) in [7, 11) is 1.58. The van der Waals surface area contributed by atoms with Gasteiger partial charge >= 0.3 is 0 Å². The van der Waals surface area contributed by atoms with Crippen molar-refractivity contribution in [2.24, 2.45) is 0 Å². The van der Waals surface area contributed by atoms with Gasteiger partial charge in [0.1, 0.15) is 12.4 Å². The van der Waals surface area contributed by atoms with E-state index in [9.17, 15) is 4.79 Å². The Hall–Kier alpha value is -2.47. The van der Waals surface area contributed by atoms with Crippen LogP contribution in [0.3, 0.4) is 0 Å². The van der Waals surface area contributed by atoms with Crippen LogP contribution in [0.1, 0.15) is 43.4 Å². The number of benzene rings is 1. The molecule has 1 aliphatic carbocycles. The summed E-state index contributed by atoms with van der Waals surface area (Å²) in [4.78, 5) is 26.9. The molecule has 3 heterocycles. The zero-order valence-corrected chi connectivity index (χ0v) is 17.8. The van der Waals surface area contributed by atoms with Crippen molar-refractivity contribution < 1.29 is 9.53 Å². The highest BCUT2D eigenvalue weighted by atomic mass is 16.5. The average molecular weight is 407 g/mol. The molecule has 1 spiro atoms. The molecular weight excluding hydrogens is 376 g/mol. The number of carbonyl (C=O) groups excluding carboxylic acids is 1. The van der Waals surface area contributed by atoms with Gasteiger partial charge in [-0.2, -0.15) is 0 Å². The number of nitrogens with zero attached hydrogens (tertiary/aromatic N) is 4. The Balaban J connectivity index is 1.51. The van der Waals surface area contributed by atoms with Gasteiger partial charge in [-0.15, -0.1) is 0 Å². The molecule has 158 valence electrons. The quantitative estimate of drug-likeness (QED) is 0.780. The van der Waals surface area contributed by atoms with Crippen LogP contribution < -0.4 is 4.90 Å². The fourth-order valence-corrected chi connectivity index (χ4v) is 5.42. The first-order chi connectivity index (χ1) is 14.7. The summed E-state index contributed by atoms with van der Waals surface area (Å²) in [6.45, 7) is 3.91. The lowest BCUT2D eigenvalue weighted by Crippen LogP contribution is -2.45. The highest BCUT2D eigenvalue weighted by Crippen LogP contribution is 2.48. The largest absolute Gasteiger partial charge is 0.375 e. The van der Waals surface area contributed by atoms with Gasteiger partial charge in [-0.05, 0) is 38.5 Å². The number of hydrogen-bond acceptors (Lipinski definition) is 5. The maximum atomic E-state index is 12.3. The van der Waals surface area contributed by atoms with Crippen molar-refractivity contribution in [2.75, 3.05) is 44.8 Å². The van der Waals surface area contributed by atoms with Crippen LogP contribution in [-0.2, 0) is 21.4 Å². The number of piperidine rings is 1. The fraction of sp³-hybridized carbons (Fsp3) is 0.542. The zero-order valence-electron chi connectivity index (χ0n) is 17.8. The number of hydrogen-bond donors (Lipinski definition) is 0. The van der Waals surface area contributed by atoms with Crippen molar-refractivity contribution >= 4 is 11.7 Å². The van der Waals surface area contributed by atoms with E-state index in [4.69, 9.17) is 14.7 Å². The van der Waals surface area contributed by atoms with Crippen LogP contribution in [0.4, 0.5) is 5.82 Å². The molecule has 1 aromatic heterocycles. The highest BCUT2D eigenvalue weighted by molar-refractivity contribution is 5.77. The molecule has 0 atom stereocenters. The lowest BCUT2D eigenvalue weighted by Gasteiger charge is -2.39. The number of aromatic nitrogens is 2. The molecule has 0 unspecified atom stereocenters. The molecule has 1 amide bonds. The maximum Gasteiger partial charge on any atom is 0.248 e. The molecular formula is C24H30N4O2. The Bertz CT molecular complexity index is 916. The molecule has 6 heteroatoms. The van der Waals surface area contributed by atoms with E-state index >= 15 is 0 Å². The van der Waals surface area contributed by atoms with E-state index < -0.39 is 0 Å². The summed E-state index contributed by atoms with van der Waals surface area (Å²) < 4.78 is 5.05. The van der Waals surface area contributed by atoms with Gasteiger partial charge in [-0.1, -0.05) is 30.3 Å². The van der Waals surface area contributed by atoms with Gasteiger partial charge in [0, 0.05) is 49.8 Å². The van der Waals surface area contributed by atoms with Crippen LogP contribution in [0.25, 0.3) is 11.4 Å². The minimum Gasteiger partial charge on any atom is -0.375 e. The Kier molecular flexibility index (Phi) is 5.19. The number of rotatable bonds is 4. The van der Waals surface area contributed by atoms with Crippen LogP contribution in [0, 0.1) is 0 Å². The molecule has 2 saturated heterocycles. The van der Waals surface area contributed by atoms with Crippen molar-refractivity contribution in [2.45, 2.75) is 43.9 Å². The topological polar surface area (TPSA) is 58.6 Å². The molecule has 0 radical (unpaired) electrons. The standard InChI is InChI=1S/C24H30N4O2/c1-30-17-20(29)27-15-11-24(12-16-27)10-9-19-21(24)25-22(18-7-3-2-4-8-18)26-23(19)28-13-5-6-14-28/h2-4,7-8H,5-6,9-17H2,1H3. The molecule has 30 heavy (non-hydrogen) atoms. The molecule has 3 aliphatic rings. The van der Waals surface area contributed by atoms with Crippen LogP contribution >= 0.6 is 0 Å². The fourth-order valence-electron chi connectivity index (χ4n) is 5.42. The van der Waals surface area contributed by atoms with E-state index in [0.29, 0.717) is 0 Å². The van der Waals surface area contributed by atoms with Crippen molar-refractivity contribution in [1.82, 2.24) is 14.9 Å². The normalized spacial score (nSPS) is 20.0. The number of carbonyl (C=O) groups is 1. The molecule has 0 saturated carbocycles. The first-order valence-electron chi connectivity index (χ1n) is 11.2. The van der Waals surface area contributed by atoms with Crippen molar-refractivity contribution in [3.05, 3.63) is 41.6 Å². The van der Waals surface area contributed by atoms with Gasteiger partial charge in [0.15, 0.2) is 5.82 Å². The average Bonchev–Trinajstić information content (AvgIpc) is 3.44. The predicted octanol–water partition coefficient (Wildman–Crippen LogP) is 3.20. The predicted molar refractivity (Wildman–Crippen MR) is 117 cm³/mol. The summed E-state index contributed by atoms with van der Waals surface area (Å²) in [5.41, 5.74) is 3.75. The van der Waals surface area contributed by atoms with Crippen LogP contribution in [0.2, 0.25) is 0 Å². The zero-order chi connectivity index (χ0) is 20.6. The molecule has 6 nitrogen and oxygen atoms in total. The molecule has 2 aliphatic heterocycles. The van der Waals surface area contributed by atoms with E-state index in [0.717, 1.165) is 69.1 Å². The van der Waals surface area contributed by atoms with Crippen molar-refractivity contribution in [1.29, 1.82) is 0 Å². The van der Waals surface area contributed by atoms with E-state index in [-0.39, 0.29) is 17.9 Å². The van der Waals surface area contributed by atoms with E-state index in [1.54, 1.807) is 7.11 Å². The van der Waals surface area contributed by atoms with Crippen molar-refractivity contribution in [3.63, 3.8) is 0 Å². The molecule has 1 aromatic carbocycles. The second-order valence-electron chi connectivity index (χ2n) is 8.85. The summed E-state index contributed by atoms with van der Waals surface area (Å²) >= 11 is 0. The van der Waals surface area contributed by atoms with Gasteiger partial charge in [-0.3, -0.25) is 4.79 Å². The van der Waals surface area contributed by atoms with Crippen LogP contribution in [0.5, 0.6) is 0 Å². The Morgan fingerprint density at radius 1 is 1.03 bits per heavy atom. The first kappa shape index (κ1) is 19.5. The second kappa shape index (κ2) is 7.99. The van der Waals surface area contributed by atoms with Gasteiger partial charge in [-0.25, -0.2) is 9.97 Å². The molecule has 0 N–H and O–H groups in total. The Morgan fingerprint density at radius 2 is 1.77 bits per heavy atom. The van der Waals surface area contributed by atoms with Crippen LogP contribution in [0.15, 0.2) is 30.3 Å². The summed E-state index contributed by atoms with van der Waals surface area (Å²) in [6.07, 6.45) is 6.58. The summed E-state index contributed by atoms with van der Waals surface area (Å²) in [6, 6.07) is 10.3. The smallest absolute Gasteiger partial charge is 0.248 e. The molecule has 2 aromatic rings. The van der Waals surface area contributed by atoms with Gasteiger partial charge < -0.3 is 14.5 Å².